The fourth-order valence-electron chi connectivity index (χ4n) is 1.76. The van der Waals surface area contributed by atoms with Gasteiger partial charge >= 0.3 is 11.9 Å². The van der Waals surface area contributed by atoms with Crippen molar-refractivity contribution < 1.29 is 28.5 Å². The minimum Gasteiger partial charge on any atom is -0.467 e. The molecule has 0 radical (unpaired) electrons. The van der Waals surface area contributed by atoms with Gasteiger partial charge in [-0.3, -0.25) is 0 Å². The van der Waals surface area contributed by atoms with Gasteiger partial charge in [0, 0.05) is 24.7 Å². The summed E-state index contributed by atoms with van der Waals surface area (Å²) in [5.74, 6) is -0.898. The quantitative estimate of drug-likeness (QED) is 0.148. The van der Waals surface area contributed by atoms with Crippen LogP contribution in [-0.2, 0) is 35.1 Å². The van der Waals surface area contributed by atoms with Crippen LogP contribution in [-0.4, -0.2) is 55.3 Å². The summed E-state index contributed by atoms with van der Waals surface area (Å²) in [4.78, 5) is 21.6. The maximum absolute atomic E-state index is 10.9. The highest BCUT2D eigenvalue weighted by Gasteiger charge is 2.03. The third kappa shape index (κ3) is 18.1. The fraction of sp³-hybridized carbons (Fsp3) is 0.304. The molecule has 33 heavy (non-hydrogen) atoms. The van der Waals surface area contributed by atoms with Gasteiger partial charge in [-0.05, 0) is 36.9 Å². The van der Waals surface area contributed by atoms with Crippen molar-refractivity contribution in [3.63, 3.8) is 0 Å². The molecule has 0 amide bonds. The van der Waals surface area contributed by atoms with Crippen LogP contribution in [0.15, 0.2) is 67.8 Å². The van der Waals surface area contributed by atoms with Crippen molar-refractivity contribution in [3.8, 4) is 0 Å². The molecule has 2 N–H and O–H groups in total. The predicted molar refractivity (Wildman–Crippen MR) is 136 cm³/mol. The lowest BCUT2D eigenvalue weighted by Gasteiger charge is -2.09. The Labute approximate surface area is 205 Å². The number of hydrogen-bond donors (Lipinski definition) is 2. The number of rotatable bonds is 12. The Morgan fingerprint density at radius 1 is 0.909 bits per heavy atom. The van der Waals surface area contributed by atoms with Crippen LogP contribution in [0.4, 0.5) is 0 Å². The molecule has 0 saturated carbocycles. The SMILES string of the molecule is C=CC(=O)OCCOC(=S)NCc1ccccc1.C=CCNC(=S)OCCOC(=O)C(=C)C. The predicted octanol–water partition coefficient (Wildman–Crippen LogP) is 2.99. The average Bonchev–Trinajstić information content (AvgIpc) is 2.82. The smallest absolute Gasteiger partial charge is 0.333 e. The van der Waals surface area contributed by atoms with E-state index in [2.05, 4.69) is 30.4 Å². The van der Waals surface area contributed by atoms with E-state index in [1.165, 1.54) is 0 Å². The number of esters is 2. The van der Waals surface area contributed by atoms with Gasteiger partial charge in [0.25, 0.3) is 10.3 Å². The summed E-state index contributed by atoms with van der Waals surface area (Å²) in [6, 6.07) is 9.83. The van der Waals surface area contributed by atoms with E-state index in [4.69, 9.17) is 43.4 Å². The Hall–Kier alpha value is -3.24. The lowest BCUT2D eigenvalue weighted by atomic mass is 10.2. The highest BCUT2D eigenvalue weighted by atomic mass is 32.1. The fourth-order valence-corrected chi connectivity index (χ4v) is 2.08. The van der Waals surface area contributed by atoms with Crippen LogP contribution >= 0.6 is 24.4 Å². The van der Waals surface area contributed by atoms with Gasteiger partial charge in [-0.2, -0.15) is 0 Å². The maximum atomic E-state index is 10.9. The molecular weight excluding hydrogens is 464 g/mol. The van der Waals surface area contributed by atoms with Crippen molar-refractivity contribution in [1.82, 2.24) is 10.6 Å². The first-order chi connectivity index (χ1) is 15.8. The number of thiocarbonyl (C=S) groups is 2. The second-order valence-corrected chi connectivity index (χ2v) is 6.81. The lowest BCUT2D eigenvalue weighted by Crippen LogP contribution is -2.25. The standard InChI is InChI=1S/C13H15NO3S.C10H15NO3S/c1-2-12(15)16-8-9-17-13(18)14-10-11-6-4-3-5-7-11;1-4-5-11-10(15)14-7-6-13-9(12)8(2)3/h2-7H,1,8-10H2,(H,14,18);4H,1-2,5-7H2,3H3,(H,11,15). The van der Waals surface area contributed by atoms with Gasteiger partial charge in [0.05, 0.1) is 0 Å². The molecule has 0 bridgehead atoms. The molecule has 1 aromatic carbocycles. The van der Waals surface area contributed by atoms with Crippen LogP contribution in [0.1, 0.15) is 12.5 Å². The second kappa shape index (κ2) is 19.4. The van der Waals surface area contributed by atoms with Crippen LogP contribution < -0.4 is 10.6 Å². The van der Waals surface area contributed by atoms with Crippen LogP contribution in [0.5, 0.6) is 0 Å². The molecule has 0 aromatic heterocycles. The number of nitrogens with one attached hydrogen (secondary N) is 2. The average molecular weight is 495 g/mol. The summed E-state index contributed by atoms with van der Waals surface area (Å²) in [6.45, 7) is 13.7. The van der Waals surface area contributed by atoms with E-state index in [-0.39, 0.29) is 36.8 Å². The van der Waals surface area contributed by atoms with Crippen LogP contribution in [0.2, 0.25) is 0 Å². The summed E-state index contributed by atoms with van der Waals surface area (Å²) in [6.07, 6.45) is 2.77. The molecule has 0 aliphatic carbocycles. The summed E-state index contributed by atoms with van der Waals surface area (Å²) < 4.78 is 19.7. The molecule has 10 heteroatoms. The first-order valence-corrected chi connectivity index (χ1v) is 10.7. The third-order valence-corrected chi connectivity index (χ3v) is 3.82. The van der Waals surface area contributed by atoms with E-state index in [0.29, 0.717) is 18.7 Å². The lowest BCUT2D eigenvalue weighted by molar-refractivity contribution is -0.140. The van der Waals surface area contributed by atoms with E-state index < -0.39 is 11.9 Å². The third-order valence-electron chi connectivity index (χ3n) is 3.30. The van der Waals surface area contributed by atoms with Crippen molar-refractivity contribution in [1.29, 1.82) is 0 Å². The summed E-state index contributed by atoms with van der Waals surface area (Å²) in [5, 5.41) is 6.28. The van der Waals surface area contributed by atoms with E-state index in [1.807, 2.05) is 30.3 Å². The minimum absolute atomic E-state index is 0.151. The Balaban J connectivity index is 0.000000633. The Morgan fingerprint density at radius 2 is 1.45 bits per heavy atom. The van der Waals surface area contributed by atoms with Crippen molar-refractivity contribution in [2.45, 2.75) is 13.5 Å². The zero-order valence-electron chi connectivity index (χ0n) is 18.7. The molecule has 180 valence electrons. The molecule has 0 atom stereocenters. The van der Waals surface area contributed by atoms with Crippen LogP contribution in [0, 0.1) is 0 Å². The maximum Gasteiger partial charge on any atom is 0.333 e. The van der Waals surface area contributed by atoms with Gasteiger partial charge in [-0.25, -0.2) is 9.59 Å². The van der Waals surface area contributed by atoms with Gasteiger partial charge in [-0.15, -0.1) is 6.58 Å². The Kier molecular flexibility index (Phi) is 17.5. The number of hydrogen-bond acceptors (Lipinski definition) is 8. The van der Waals surface area contributed by atoms with E-state index in [1.54, 1.807) is 13.0 Å². The van der Waals surface area contributed by atoms with Crippen LogP contribution in [0.3, 0.4) is 0 Å². The van der Waals surface area contributed by atoms with Gasteiger partial charge in [0.1, 0.15) is 26.4 Å². The summed E-state index contributed by atoms with van der Waals surface area (Å²) >= 11 is 9.78. The zero-order chi connectivity index (χ0) is 24.9. The molecule has 0 fully saturated rings. The highest BCUT2D eigenvalue weighted by Crippen LogP contribution is 1.97. The van der Waals surface area contributed by atoms with Gasteiger partial charge in [0.2, 0.25) is 0 Å². The normalized spacial score (nSPS) is 9.12. The molecule has 0 spiro atoms. The zero-order valence-corrected chi connectivity index (χ0v) is 20.3. The molecule has 8 nitrogen and oxygen atoms in total. The molecule has 0 unspecified atom stereocenters. The Bertz CT molecular complexity index is 799. The highest BCUT2D eigenvalue weighted by molar-refractivity contribution is 7.80. The molecule has 0 aliphatic rings. The van der Waals surface area contributed by atoms with Gasteiger partial charge in [-0.1, -0.05) is 49.6 Å². The van der Waals surface area contributed by atoms with Gasteiger partial charge in [0.15, 0.2) is 0 Å². The summed E-state index contributed by atoms with van der Waals surface area (Å²) in [5.41, 5.74) is 1.48. The molecule has 1 rings (SSSR count). The molecular formula is C23H30N2O6S2. The summed E-state index contributed by atoms with van der Waals surface area (Å²) in [7, 11) is 0. The van der Waals surface area contributed by atoms with Gasteiger partial charge < -0.3 is 29.6 Å². The van der Waals surface area contributed by atoms with Crippen molar-refractivity contribution in [2.24, 2.45) is 0 Å². The largest absolute Gasteiger partial charge is 0.467 e. The molecule has 0 heterocycles. The molecule has 0 saturated heterocycles. The number of benzene rings is 1. The topological polar surface area (TPSA) is 95.1 Å². The number of carbonyl (C=O) groups is 2. The van der Waals surface area contributed by atoms with E-state index in [0.717, 1.165) is 11.6 Å². The number of carbonyl (C=O) groups excluding carboxylic acids is 2. The van der Waals surface area contributed by atoms with Crippen molar-refractivity contribution in [2.75, 3.05) is 33.0 Å². The Morgan fingerprint density at radius 3 is 2.00 bits per heavy atom. The van der Waals surface area contributed by atoms with Crippen LogP contribution in [0.25, 0.3) is 0 Å². The van der Waals surface area contributed by atoms with Crippen molar-refractivity contribution >= 4 is 46.7 Å². The second-order valence-electron chi connectivity index (χ2n) is 6.07. The van der Waals surface area contributed by atoms with E-state index in [9.17, 15) is 9.59 Å². The first-order valence-electron chi connectivity index (χ1n) is 9.88. The van der Waals surface area contributed by atoms with Crippen molar-refractivity contribution in [3.05, 3.63) is 73.4 Å². The minimum atomic E-state index is -0.471. The molecule has 0 aliphatic heterocycles. The number of ether oxygens (including phenoxy) is 4. The molecule has 1 aromatic rings. The first kappa shape index (κ1) is 29.8. The monoisotopic (exact) mass is 494 g/mol. The van der Waals surface area contributed by atoms with E-state index >= 15 is 0 Å².